The highest BCUT2D eigenvalue weighted by Crippen LogP contribution is 2.11. The van der Waals surface area contributed by atoms with Crippen molar-refractivity contribution in [2.45, 2.75) is 6.54 Å². The zero-order chi connectivity index (χ0) is 14.0. The number of Topliss-reactive ketones (excluding diaryl/α,β-unsaturated/α-hetero) is 1. The number of nitrogens with zero attached hydrogens (tertiary/aromatic N) is 2. The number of aromatic nitrogens is 2. The van der Waals surface area contributed by atoms with Gasteiger partial charge in [0.1, 0.15) is 16.1 Å². The van der Waals surface area contributed by atoms with Gasteiger partial charge in [0.05, 0.1) is 18.4 Å². The second-order valence-electron chi connectivity index (χ2n) is 3.72. The van der Waals surface area contributed by atoms with Gasteiger partial charge in [-0.2, -0.15) is 0 Å². The predicted octanol–water partition coefficient (Wildman–Crippen LogP) is 2.17. The number of carbonyl (C=O) groups is 1. The van der Waals surface area contributed by atoms with Crippen molar-refractivity contribution < 1.29 is 13.6 Å². The van der Waals surface area contributed by atoms with Crippen molar-refractivity contribution in [1.29, 1.82) is 0 Å². The Morgan fingerprint density at radius 3 is 2.84 bits per heavy atom. The molecule has 0 radical (unpaired) electrons. The zero-order valence-corrected chi connectivity index (χ0v) is 11.0. The lowest BCUT2D eigenvalue weighted by atomic mass is 10.1. The fourth-order valence-corrected chi connectivity index (χ4v) is 1.83. The Morgan fingerprint density at radius 2 is 2.11 bits per heavy atom. The van der Waals surface area contributed by atoms with Gasteiger partial charge >= 0.3 is 0 Å². The Hall–Kier alpha value is -1.89. The number of hydrogen-bond acceptors (Lipinski definition) is 3. The fourth-order valence-electron chi connectivity index (χ4n) is 1.49. The van der Waals surface area contributed by atoms with E-state index in [1.54, 1.807) is 0 Å². The molecule has 0 aliphatic carbocycles. The highest BCUT2D eigenvalue weighted by Gasteiger charge is 2.14. The first-order valence-corrected chi connectivity index (χ1v) is 5.96. The molecule has 0 N–H and O–H groups in total. The lowest BCUT2D eigenvalue weighted by Crippen LogP contribution is -2.25. The van der Waals surface area contributed by atoms with E-state index in [0.717, 1.165) is 29.1 Å². The Bertz CT molecular complexity index is 700. The monoisotopic (exact) mass is 328 g/mol. The smallest absolute Gasteiger partial charge is 0.268 e. The van der Waals surface area contributed by atoms with E-state index in [4.69, 9.17) is 0 Å². The molecular weight excluding hydrogens is 322 g/mol. The maximum Gasteiger partial charge on any atom is 0.268 e. The molecule has 1 aromatic heterocycles. The first-order chi connectivity index (χ1) is 8.99. The molecule has 0 bridgehead atoms. The van der Waals surface area contributed by atoms with Gasteiger partial charge in [0.25, 0.3) is 5.56 Å². The second kappa shape index (κ2) is 5.40. The van der Waals surface area contributed by atoms with Gasteiger partial charge in [-0.15, -0.1) is 0 Å². The summed E-state index contributed by atoms with van der Waals surface area (Å²) in [5.74, 6) is -2.26. The van der Waals surface area contributed by atoms with Crippen LogP contribution in [-0.4, -0.2) is 15.3 Å². The molecule has 0 amide bonds. The van der Waals surface area contributed by atoms with E-state index in [1.165, 1.54) is 6.20 Å². The molecule has 0 aliphatic heterocycles. The van der Waals surface area contributed by atoms with Crippen LogP contribution in [0.2, 0.25) is 0 Å². The topological polar surface area (TPSA) is 52.0 Å². The molecule has 0 saturated heterocycles. The Morgan fingerprint density at radius 1 is 1.37 bits per heavy atom. The van der Waals surface area contributed by atoms with Crippen molar-refractivity contribution in [1.82, 2.24) is 9.55 Å². The number of ketones is 1. The van der Waals surface area contributed by atoms with Crippen LogP contribution < -0.4 is 5.56 Å². The number of hydrogen-bond donors (Lipinski definition) is 0. The summed E-state index contributed by atoms with van der Waals surface area (Å²) in [5, 5.41) is 0. The van der Waals surface area contributed by atoms with Crippen molar-refractivity contribution in [3.05, 3.63) is 62.7 Å². The molecule has 4 nitrogen and oxygen atoms in total. The van der Waals surface area contributed by atoms with Gasteiger partial charge in [-0.25, -0.2) is 13.8 Å². The van der Waals surface area contributed by atoms with Crippen molar-refractivity contribution in [3.8, 4) is 0 Å². The molecule has 0 saturated carbocycles. The van der Waals surface area contributed by atoms with Gasteiger partial charge in [0.2, 0.25) is 0 Å². The summed E-state index contributed by atoms with van der Waals surface area (Å²) in [6, 6.07) is 2.58. The molecule has 19 heavy (non-hydrogen) atoms. The molecule has 1 heterocycles. The molecule has 2 aromatic rings. The molecule has 7 heteroatoms. The van der Waals surface area contributed by atoms with Gasteiger partial charge in [-0.3, -0.25) is 14.2 Å². The fraction of sp³-hybridized carbons (Fsp3) is 0.0833. The van der Waals surface area contributed by atoms with E-state index in [2.05, 4.69) is 20.9 Å². The lowest BCUT2D eigenvalue weighted by molar-refractivity contribution is 0.0966. The third-order valence-corrected chi connectivity index (χ3v) is 2.95. The molecule has 1 aromatic carbocycles. The largest absolute Gasteiger partial charge is 0.292 e. The van der Waals surface area contributed by atoms with Crippen LogP contribution in [0.25, 0.3) is 0 Å². The Balaban J connectivity index is 2.33. The van der Waals surface area contributed by atoms with Crippen LogP contribution in [0.1, 0.15) is 10.4 Å². The minimum Gasteiger partial charge on any atom is -0.292 e. The summed E-state index contributed by atoms with van der Waals surface area (Å²) < 4.78 is 27.6. The van der Waals surface area contributed by atoms with Gasteiger partial charge < -0.3 is 0 Å². The molecule has 0 aliphatic rings. The van der Waals surface area contributed by atoms with Crippen LogP contribution in [-0.2, 0) is 6.54 Å². The minimum absolute atomic E-state index is 0.183. The highest BCUT2D eigenvalue weighted by atomic mass is 79.9. The SMILES string of the molecule is O=C(Cn1cncc(Br)c1=O)c1cc(F)ccc1F. The highest BCUT2D eigenvalue weighted by molar-refractivity contribution is 9.10. The predicted molar refractivity (Wildman–Crippen MR) is 66.9 cm³/mol. The molecule has 0 unspecified atom stereocenters. The standard InChI is InChI=1S/C12H7BrF2N2O2/c13-9-4-16-6-17(12(9)19)5-11(18)8-3-7(14)1-2-10(8)15/h1-4,6H,5H2. The van der Waals surface area contributed by atoms with Gasteiger partial charge in [-0.05, 0) is 34.1 Å². The number of rotatable bonds is 3. The average molecular weight is 329 g/mol. The van der Waals surface area contributed by atoms with Gasteiger partial charge in [-0.1, -0.05) is 0 Å². The molecule has 98 valence electrons. The normalized spacial score (nSPS) is 10.5. The average Bonchev–Trinajstić information content (AvgIpc) is 2.38. The van der Waals surface area contributed by atoms with E-state index in [0.29, 0.717) is 0 Å². The number of carbonyl (C=O) groups excluding carboxylic acids is 1. The quantitative estimate of drug-likeness (QED) is 0.811. The maximum absolute atomic E-state index is 13.4. The molecule has 2 rings (SSSR count). The third kappa shape index (κ3) is 2.93. The van der Waals surface area contributed by atoms with Crippen LogP contribution in [0.4, 0.5) is 8.78 Å². The minimum atomic E-state index is -0.831. The summed E-state index contributed by atoms with van der Waals surface area (Å²) in [5.41, 5.74) is -0.868. The summed E-state index contributed by atoms with van der Waals surface area (Å²) in [7, 11) is 0. The molecule has 0 fully saturated rings. The lowest BCUT2D eigenvalue weighted by Gasteiger charge is -2.05. The van der Waals surface area contributed by atoms with Crippen molar-refractivity contribution >= 4 is 21.7 Å². The van der Waals surface area contributed by atoms with Crippen molar-refractivity contribution in [2.75, 3.05) is 0 Å². The Labute approximate surface area is 114 Å². The van der Waals surface area contributed by atoms with Crippen molar-refractivity contribution in [3.63, 3.8) is 0 Å². The van der Waals surface area contributed by atoms with E-state index >= 15 is 0 Å². The maximum atomic E-state index is 13.4. The van der Waals surface area contributed by atoms with Crippen LogP contribution in [0.3, 0.4) is 0 Å². The van der Waals surface area contributed by atoms with Crippen LogP contribution in [0, 0.1) is 11.6 Å². The van der Waals surface area contributed by atoms with E-state index in [1.807, 2.05) is 0 Å². The van der Waals surface area contributed by atoms with E-state index in [9.17, 15) is 18.4 Å². The molecular formula is C12H7BrF2N2O2. The van der Waals surface area contributed by atoms with Crippen LogP contribution in [0.5, 0.6) is 0 Å². The summed E-state index contributed by atoms with van der Waals surface area (Å²) in [6.45, 7) is -0.411. The first kappa shape index (κ1) is 13.5. The van der Waals surface area contributed by atoms with Crippen LogP contribution >= 0.6 is 15.9 Å². The summed E-state index contributed by atoms with van der Waals surface area (Å²) >= 11 is 2.98. The summed E-state index contributed by atoms with van der Waals surface area (Å²) in [4.78, 5) is 27.2. The van der Waals surface area contributed by atoms with E-state index in [-0.39, 0.29) is 4.47 Å². The third-order valence-electron chi connectivity index (χ3n) is 2.40. The van der Waals surface area contributed by atoms with Gasteiger partial charge in [0.15, 0.2) is 5.78 Å². The zero-order valence-electron chi connectivity index (χ0n) is 9.44. The van der Waals surface area contributed by atoms with Crippen molar-refractivity contribution in [2.24, 2.45) is 0 Å². The Kier molecular flexibility index (Phi) is 3.84. The van der Waals surface area contributed by atoms with E-state index < -0.39 is 35.1 Å². The summed E-state index contributed by atoms with van der Waals surface area (Å²) in [6.07, 6.45) is 2.44. The molecule has 0 spiro atoms. The second-order valence-corrected chi connectivity index (χ2v) is 4.58. The number of benzene rings is 1. The van der Waals surface area contributed by atoms with Gasteiger partial charge in [0, 0.05) is 6.20 Å². The first-order valence-electron chi connectivity index (χ1n) is 5.17. The van der Waals surface area contributed by atoms with Crippen LogP contribution in [0.15, 0.2) is 40.0 Å². The molecule has 0 atom stereocenters. The number of halogens is 3.